The molecule has 1 aromatic heterocycles. The van der Waals surface area contributed by atoms with Gasteiger partial charge in [-0.1, -0.05) is 63.1 Å². The summed E-state index contributed by atoms with van der Waals surface area (Å²) in [6.45, 7) is 5.93. The van der Waals surface area contributed by atoms with E-state index in [0.29, 0.717) is 17.4 Å². The molecule has 152 valence electrons. The van der Waals surface area contributed by atoms with Gasteiger partial charge in [-0.3, -0.25) is 4.79 Å². The molecule has 0 aliphatic heterocycles. The number of fused-ring (bicyclic) bond motifs is 3. The minimum Gasteiger partial charge on any atom is -0.450 e. The average Bonchev–Trinajstić information content (AvgIpc) is 3.07. The van der Waals surface area contributed by atoms with Crippen molar-refractivity contribution in [2.24, 2.45) is 11.8 Å². The van der Waals surface area contributed by atoms with Gasteiger partial charge in [-0.2, -0.15) is 0 Å². The third-order valence-electron chi connectivity index (χ3n) is 6.40. The Hall–Kier alpha value is -2.82. The molecular formula is C24H27NO4. The molecule has 1 saturated carbocycles. The summed E-state index contributed by atoms with van der Waals surface area (Å²) in [5.74, 6) is 0.300. The number of carbonyl (C=O) groups excluding carboxylic acids is 2. The van der Waals surface area contributed by atoms with E-state index in [4.69, 9.17) is 9.15 Å². The highest BCUT2D eigenvalue weighted by atomic mass is 16.5. The van der Waals surface area contributed by atoms with Gasteiger partial charge in [0.2, 0.25) is 5.76 Å². The molecule has 3 aromatic rings. The van der Waals surface area contributed by atoms with Crippen molar-refractivity contribution in [1.29, 1.82) is 0 Å². The quantitative estimate of drug-likeness (QED) is 0.634. The van der Waals surface area contributed by atoms with Crippen LogP contribution >= 0.6 is 0 Å². The molecule has 1 fully saturated rings. The molecule has 4 rings (SSSR count). The monoisotopic (exact) mass is 393 g/mol. The first-order valence-corrected chi connectivity index (χ1v) is 10.3. The van der Waals surface area contributed by atoms with E-state index in [1.165, 1.54) is 6.42 Å². The van der Waals surface area contributed by atoms with Crippen LogP contribution in [0.3, 0.4) is 0 Å². The zero-order valence-corrected chi connectivity index (χ0v) is 17.2. The minimum atomic E-state index is -0.608. The van der Waals surface area contributed by atoms with Gasteiger partial charge >= 0.3 is 5.97 Å². The normalized spacial score (nSPS) is 22.0. The number of aryl methyl sites for hydroxylation is 1. The molecule has 0 bridgehead atoms. The lowest BCUT2D eigenvalue weighted by Crippen LogP contribution is -2.45. The van der Waals surface area contributed by atoms with E-state index in [9.17, 15) is 9.59 Å². The number of rotatable bonds is 4. The number of amides is 1. The Morgan fingerprint density at radius 3 is 2.72 bits per heavy atom. The zero-order chi connectivity index (χ0) is 20.5. The number of nitrogens with one attached hydrogen (secondary N) is 1. The highest BCUT2D eigenvalue weighted by molar-refractivity contribution is 6.08. The lowest BCUT2D eigenvalue weighted by molar-refractivity contribution is -0.125. The smallest absolute Gasteiger partial charge is 0.375 e. The Kier molecular flexibility index (Phi) is 5.31. The Morgan fingerprint density at radius 1 is 1.10 bits per heavy atom. The van der Waals surface area contributed by atoms with Crippen LogP contribution < -0.4 is 5.32 Å². The van der Waals surface area contributed by atoms with E-state index in [1.807, 2.05) is 43.3 Å². The molecule has 1 heterocycles. The van der Waals surface area contributed by atoms with Crippen molar-refractivity contribution in [3.8, 4) is 0 Å². The summed E-state index contributed by atoms with van der Waals surface area (Å²) in [6.07, 6.45) is 3.28. The molecule has 29 heavy (non-hydrogen) atoms. The first-order chi connectivity index (χ1) is 14.0. The fraction of sp³-hybridized carbons (Fsp3) is 0.417. The number of hydrogen-bond donors (Lipinski definition) is 1. The molecule has 1 aliphatic carbocycles. The molecule has 5 nitrogen and oxygen atoms in total. The fourth-order valence-corrected chi connectivity index (χ4v) is 4.37. The number of carbonyl (C=O) groups is 2. The summed E-state index contributed by atoms with van der Waals surface area (Å²) in [4.78, 5) is 24.9. The second-order valence-corrected chi connectivity index (χ2v) is 8.24. The SMILES string of the molecule is Cc1c(C(=O)OCC(=O)N[C@H]2CCC[C@H](C)[C@@H]2C)oc2c1ccc1ccccc12. The Balaban J connectivity index is 1.46. The van der Waals surface area contributed by atoms with E-state index in [-0.39, 0.29) is 24.3 Å². The summed E-state index contributed by atoms with van der Waals surface area (Å²) >= 11 is 0. The van der Waals surface area contributed by atoms with E-state index < -0.39 is 5.97 Å². The van der Waals surface area contributed by atoms with E-state index in [1.54, 1.807) is 0 Å². The van der Waals surface area contributed by atoms with Crippen LogP contribution in [0.15, 0.2) is 40.8 Å². The molecule has 1 aliphatic rings. The summed E-state index contributed by atoms with van der Waals surface area (Å²) in [5.41, 5.74) is 1.40. The first-order valence-electron chi connectivity index (χ1n) is 10.3. The van der Waals surface area contributed by atoms with Crippen LogP contribution in [-0.4, -0.2) is 24.5 Å². The number of furan rings is 1. The molecule has 1 amide bonds. The van der Waals surface area contributed by atoms with Crippen molar-refractivity contribution in [3.05, 3.63) is 47.7 Å². The van der Waals surface area contributed by atoms with Crippen molar-refractivity contribution in [2.75, 3.05) is 6.61 Å². The van der Waals surface area contributed by atoms with Crippen LogP contribution in [0.5, 0.6) is 0 Å². The number of esters is 1. The first kappa shape index (κ1) is 19.5. The Bertz CT molecular complexity index is 1070. The van der Waals surface area contributed by atoms with Gasteiger partial charge < -0.3 is 14.5 Å². The van der Waals surface area contributed by atoms with Crippen molar-refractivity contribution >= 4 is 33.6 Å². The highest BCUT2D eigenvalue weighted by Gasteiger charge is 2.28. The maximum absolute atomic E-state index is 12.6. The third kappa shape index (κ3) is 3.74. The highest BCUT2D eigenvalue weighted by Crippen LogP contribution is 2.32. The zero-order valence-electron chi connectivity index (χ0n) is 17.2. The lowest BCUT2D eigenvalue weighted by Gasteiger charge is -2.34. The fourth-order valence-electron chi connectivity index (χ4n) is 4.37. The van der Waals surface area contributed by atoms with Crippen LogP contribution in [0.2, 0.25) is 0 Å². The molecule has 5 heteroatoms. The molecule has 3 atom stereocenters. The predicted octanol–water partition coefficient (Wildman–Crippen LogP) is 4.99. The molecular weight excluding hydrogens is 366 g/mol. The van der Waals surface area contributed by atoms with Crippen LogP contribution in [0.25, 0.3) is 21.7 Å². The van der Waals surface area contributed by atoms with E-state index in [2.05, 4.69) is 19.2 Å². The summed E-state index contributed by atoms with van der Waals surface area (Å²) in [5, 5.41) is 5.90. The van der Waals surface area contributed by atoms with Gasteiger partial charge in [0.05, 0.1) is 0 Å². The van der Waals surface area contributed by atoms with Crippen molar-refractivity contribution < 1.29 is 18.7 Å². The minimum absolute atomic E-state index is 0.143. The largest absolute Gasteiger partial charge is 0.450 e. The second-order valence-electron chi connectivity index (χ2n) is 8.24. The van der Waals surface area contributed by atoms with Crippen LogP contribution in [0.4, 0.5) is 0 Å². The number of benzene rings is 2. The Morgan fingerprint density at radius 2 is 1.90 bits per heavy atom. The molecule has 0 radical (unpaired) electrons. The molecule has 0 saturated heterocycles. The van der Waals surface area contributed by atoms with Crippen LogP contribution in [0, 0.1) is 18.8 Å². The molecule has 0 spiro atoms. The maximum Gasteiger partial charge on any atom is 0.375 e. The van der Waals surface area contributed by atoms with Gasteiger partial charge in [0.15, 0.2) is 6.61 Å². The van der Waals surface area contributed by atoms with E-state index in [0.717, 1.165) is 34.6 Å². The number of ether oxygens (including phenoxy) is 1. The van der Waals surface area contributed by atoms with Crippen molar-refractivity contribution in [2.45, 2.75) is 46.1 Å². The van der Waals surface area contributed by atoms with Crippen molar-refractivity contribution in [3.63, 3.8) is 0 Å². The molecule has 2 aromatic carbocycles. The second kappa shape index (κ2) is 7.90. The van der Waals surface area contributed by atoms with Gasteiger partial charge in [0.1, 0.15) is 5.58 Å². The number of hydrogen-bond acceptors (Lipinski definition) is 4. The van der Waals surface area contributed by atoms with Gasteiger partial charge in [0, 0.05) is 22.4 Å². The summed E-state index contributed by atoms with van der Waals surface area (Å²) < 4.78 is 11.2. The summed E-state index contributed by atoms with van der Waals surface area (Å²) in [6, 6.07) is 12.0. The van der Waals surface area contributed by atoms with Crippen LogP contribution in [0.1, 0.15) is 49.2 Å². The van der Waals surface area contributed by atoms with Gasteiger partial charge in [-0.05, 0) is 30.6 Å². The maximum atomic E-state index is 12.6. The average molecular weight is 393 g/mol. The van der Waals surface area contributed by atoms with Crippen LogP contribution in [-0.2, 0) is 9.53 Å². The van der Waals surface area contributed by atoms with Gasteiger partial charge in [-0.25, -0.2) is 4.79 Å². The van der Waals surface area contributed by atoms with Crippen molar-refractivity contribution in [1.82, 2.24) is 5.32 Å². The molecule has 1 N–H and O–H groups in total. The standard InChI is InChI=1S/C24H27NO4/c1-14-7-6-10-20(15(14)2)25-21(26)13-28-24(27)22-16(3)18-12-11-17-8-4-5-9-19(17)23(18)29-22/h4-5,8-9,11-12,14-15,20H,6-7,10,13H2,1-3H3,(H,25,26)/t14-,15-,20-/m0/s1. The Labute approximate surface area is 170 Å². The van der Waals surface area contributed by atoms with E-state index >= 15 is 0 Å². The van der Waals surface area contributed by atoms with Gasteiger partial charge in [-0.15, -0.1) is 0 Å². The third-order valence-corrected chi connectivity index (χ3v) is 6.40. The topological polar surface area (TPSA) is 68.5 Å². The summed E-state index contributed by atoms with van der Waals surface area (Å²) in [7, 11) is 0. The van der Waals surface area contributed by atoms with Gasteiger partial charge in [0.25, 0.3) is 5.91 Å². The molecule has 0 unspecified atom stereocenters. The lowest BCUT2D eigenvalue weighted by atomic mass is 9.78. The predicted molar refractivity (Wildman–Crippen MR) is 113 cm³/mol.